The normalized spacial score (nSPS) is 16.6. The molecule has 0 fully saturated rings. The van der Waals surface area contributed by atoms with E-state index in [1.165, 1.54) is 4.90 Å². The molecule has 0 spiro atoms. The van der Waals surface area contributed by atoms with Gasteiger partial charge in [0, 0.05) is 25.7 Å². The highest BCUT2D eigenvalue weighted by Crippen LogP contribution is 2.19. The number of halogens is 3. The largest absolute Gasteiger partial charge is 0.390 e. The van der Waals surface area contributed by atoms with Crippen LogP contribution in [-0.4, -0.2) is 54.5 Å². The highest BCUT2D eigenvalue weighted by Gasteiger charge is 2.29. The molecule has 0 bridgehead atoms. The third kappa shape index (κ3) is 10.5. The molecule has 0 aromatic heterocycles. The second-order valence-corrected chi connectivity index (χ2v) is 5.14. The summed E-state index contributed by atoms with van der Waals surface area (Å²) < 4.78 is 36.0. The maximum Gasteiger partial charge on any atom is 0.390 e. The summed E-state index contributed by atoms with van der Waals surface area (Å²) in [5.74, 6) is 0. The van der Waals surface area contributed by atoms with Gasteiger partial charge in [0.2, 0.25) is 0 Å². The third-order valence-corrected chi connectivity index (χ3v) is 2.28. The molecule has 2 N–H and O–H groups in total. The van der Waals surface area contributed by atoms with Crippen molar-refractivity contribution in [3.8, 4) is 0 Å². The molecular formula is C11H23F3N2O. The van der Waals surface area contributed by atoms with Gasteiger partial charge in [-0.2, -0.15) is 13.2 Å². The van der Waals surface area contributed by atoms with Crippen molar-refractivity contribution in [2.24, 2.45) is 0 Å². The van der Waals surface area contributed by atoms with Crippen LogP contribution in [0.5, 0.6) is 0 Å². The van der Waals surface area contributed by atoms with Crippen molar-refractivity contribution in [2.45, 2.75) is 45.0 Å². The highest BCUT2D eigenvalue weighted by molar-refractivity contribution is 4.80. The van der Waals surface area contributed by atoms with E-state index in [1.54, 1.807) is 14.0 Å². The molecule has 0 radical (unpaired) electrons. The first-order chi connectivity index (χ1) is 7.52. The van der Waals surface area contributed by atoms with Gasteiger partial charge in [0.25, 0.3) is 0 Å². The Morgan fingerprint density at radius 1 is 1.29 bits per heavy atom. The van der Waals surface area contributed by atoms with Gasteiger partial charge in [-0.15, -0.1) is 0 Å². The number of aliphatic hydroxyl groups is 1. The molecule has 0 amide bonds. The molecule has 104 valence electrons. The summed E-state index contributed by atoms with van der Waals surface area (Å²) in [6.07, 6.45) is -4.99. The highest BCUT2D eigenvalue weighted by atomic mass is 19.4. The van der Waals surface area contributed by atoms with Crippen LogP contribution in [0, 0.1) is 0 Å². The minimum absolute atomic E-state index is 0.0959. The van der Waals surface area contributed by atoms with Crippen LogP contribution in [0.3, 0.4) is 0 Å². The Balaban J connectivity index is 3.96. The topological polar surface area (TPSA) is 35.5 Å². The molecule has 0 saturated heterocycles. The summed E-state index contributed by atoms with van der Waals surface area (Å²) in [7, 11) is 1.58. The van der Waals surface area contributed by atoms with Crippen LogP contribution in [0.25, 0.3) is 0 Å². The Labute approximate surface area is 101 Å². The molecular weight excluding hydrogens is 233 g/mol. The zero-order valence-electron chi connectivity index (χ0n) is 10.9. The fourth-order valence-electron chi connectivity index (χ4n) is 1.46. The average molecular weight is 256 g/mol. The number of hydrogen-bond acceptors (Lipinski definition) is 3. The quantitative estimate of drug-likeness (QED) is 0.726. The number of hydrogen-bond donors (Lipinski definition) is 2. The first-order valence-electron chi connectivity index (χ1n) is 5.73. The summed E-state index contributed by atoms with van der Waals surface area (Å²) >= 11 is 0. The lowest BCUT2D eigenvalue weighted by molar-refractivity contribution is -0.138. The van der Waals surface area contributed by atoms with E-state index in [1.807, 2.05) is 13.8 Å². The number of nitrogens with zero attached hydrogens (tertiary/aromatic N) is 1. The van der Waals surface area contributed by atoms with E-state index in [0.717, 1.165) is 0 Å². The van der Waals surface area contributed by atoms with Gasteiger partial charge in [-0.1, -0.05) is 13.8 Å². The zero-order chi connectivity index (χ0) is 13.7. The van der Waals surface area contributed by atoms with Gasteiger partial charge >= 0.3 is 6.18 Å². The molecule has 0 aliphatic rings. The Morgan fingerprint density at radius 3 is 2.24 bits per heavy atom. The number of nitrogens with one attached hydrogen (secondary N) is 1. The first-order valence-corrected chi connectivity index (χ1v) is 5.73. The second-order valence-electron chi connectivity index (χ2n) is 5.14. The molecule has 17 heavy (non-hydrogen) atoms. The number of rotatable bonds is 7. The van der Waals surface area contributed by atoms with Crippen molar-refractivity contribution in [3.63, 3.8) is 0 Å². The second kappa shape index (κ2) is 6.56. The maximum atomic E-state index is 12.0. The lowest BCUT2D eigenvalue weighted by Crippen LogP contribution is -2.48. The molecule has 0 aromatic carbocycles. The summed E-state index contributed by atoms with van der Waals surface area (Å²) in [6, 6.07) is 0.238. The van der Waals surface area contributed by atoms with Gasteiger partial charge in [0.1, 0.15) is 0 Å². The molecule has 0 rings (SSSR count). The first kappa shape index (κ1) is 16.7. The Hall–Kier alpha value is -0.330. The Bertz CT molecular complexity index is 217. The molecule has 1 atom stereocenters. The smallest absolute Gasteiger partial charge is 0.388 e. The van der Waals surface area contributed by atoms with Crippen LogP contribution in [0.15, 0.2) is 0 Å². The Morgan fingerprint density at radius 2 is 1.82 bits per heavy atom. The standard InChI is InChI=1S/C11H23F3N2O/c1-9(2)15-7-10(3,17)8-16(4)6-5-11(12,13)14/h9,15,17H,5-8H2,1-4H3. The monoisotopic (exact) mass is 256 g/mol. The van der Waals surface area contributed by atoms with Gasteiger partial charge in [0.15, 0.2) is 0 Å². The Kier molecular flexibility index (Phi) is 6.43. The molecule has 0 aromatic rings. The van der Waals surface area contributed by atoms with Crippen LogP contribution in [-0.2, 0) is 0 Å². The summed E-state index contributed by atoms with van der Waals surface area (Å²) in [5.41, 5.74) is -1.02. The molecule has 0 saturated carbocycles. The van der Waals surface area contributed by atoms with Crippen molar-refractivity contribution >= 4 is 0 Å². The van der Waals surface area contributed by atoms with Crippen LogP contribution >= 0.6 is 0 Å². The lowest BCUT2D eigenvalue weighted by atomic mass is 10.1. The minimum atomic E-state index is -4.14. The fourth-order valence-corrected chi connectivity index (χ4v) is 1.46. The van der Waals surface area contributed by atoms with Crippen molar-refractivity contribution in [2.75, 3.05) is 26.7 Å². The molecule has 3 nitrogen and oxygen atoms in total. The van der Waals surface area contributed by atoms with E-state index in [-0.39, 0.29) is 19.1 Å². The molecule has 0 heterocycles. The van der Waals surface area contributed by atoms with E-state index in [0.29, 0.717) is 6.54 Å². The SMILES string of the molecule is CC(C)NCC(C)(O)CN(C)CCC(F)(F)F. The summed E-state index contributed by atoms with van der Waals surface area (Å²) in [4.78, 5) is 1.50. The van der Waals surface area contributed by atoms with E-state index < -0.39 is 18.2 Å². The van der Waals surface area contributed by atoms with E-state index >= 15 is 0 Å². The summed E-state index contributed by atoms with van der Waals surface area (Å²) in [5, 5.41) is 13.0. The van der Waals surface area contributed by atoms with Crippen LogP contribution in [0.1, 0.15) is 27.2 Å². The summed E-state index contributed by atoms with van der Waals surface area (Å²) in [6.45, 7) is 5.99. The molecule has 6 heteroatoms. The number of alkyl halides is 3. The van der Waals surface area contributed by atoms with Gasteiger partial charge in [0.05, 0.1) is 12.0 Å². The minimum Gasteiger partial charge on any atom is -0.388 e. The van der Waals surface area contributed by atoms with Crippen LogP contribution in [0.4, 0.5) is 13.2 Å². The van der Waals surface area contributed by atoms with Crippen LogP contribution < -0.4 is 5.32 Å². The predicted molar refractivity (Wildman–Crippen MR) is 61.9 cm³/mol. The molecule has 0 aliphatic carbocycles. The van der Waals surface area contributed by atoms with Crippen molar-refractivity contribution < 1.29 is 18.3 Å². The van der Waals surface area contributed by atoms with Gasteiger partial charge in [-0.3, -0.25) is 0 Å². The van der Waals surface area contributed by atoms with Gasteiger partial charge < -0.3 is 15.3 Å². The predicted octanol–water partition coefficient (Wildman–Crippen LogP) is 1.62. The third-order valence-electron chi connectivity index (χ3n) is 2.28. The van der Waals surface area contributed by atoms with E-state index in [2.05, 4.69) is 5.32 Å². The molecule has 0 aliphatic heterocycles. The zero-order valence-corrected chi connectivity index (χ0v) is 10.9. The van der Waals surface area contributed by atoms with Crippen molar-refractivity contribution in [3.05, 3.63) is 0 Å². The number of likely N-dealkylation sites (N-methyl/N-ethyl adjacent to an activating group) is 1. The van der Waals surface area contributed by atoms with Crippen molar-refractivity contribution in [1.29, 1.82) is 0 Å². The fraction of sp³-hybridized carbons (Fsp3) is 1.00. The van der Waals surface area contributed by atoms with E-state index in [9.17, 15) is 18.3 Å². The maximum absolute atomic E-state index is 12.0. The van der Waals surface area contributed by atoms with Crippen LogP contribution in [0.2, 0.25) is 0 Å². The van der Waals surface area contributed by atoms with Crippen molar-refractivity contribution in [1.82, 2.24) is 10.2 Å². The molecule has 1 unspecified atom stereocenters. The average Bonchev–Trinajstić information content (AvgIpc) is 2.10. The van der Waals surface area contributed by atoms with Gasteiger partial charge in [-0.25, -0.2) is 0 Å². The van der Waals surface area contributed by atoms with E-state index in [4.69, 9.17) is 0 Å². The van der Waals surface area contributed by atoms with Gasteiger partial charge in [-0.05, 0) is 14.0 Å². The lowest BCUT2D eigenvalue weighted by Gasteiger charge is -2.30.